The standard InChI is InChI=1S/C22H17N3O6S/c1-2-31-16-9-5-14(6-10-16)19(26)17-18(13-3-7-15(8-4-13)25(29)30)24(21(28)20(17)27)22-23-11-12-32-22/h3-12,18,26H,2H2,1H3/b19-17+/t18-/m1/s1. The second-order valence-electron chi connectivity index (χ2n) is 6.79. The predicted molar refractivity (Wildman–Crippen MR) is 118 cm³/mol. The third-order valence-corrected chi connectivity index (χ3v) is 5.70. The fourth-order valence-corrected chi connectivity index (χ4v) is 4.16. The number of nitrogens with zero attached hydrogens (tertiary/aromatic N) is 3. The summed E-state index contributed by atoms with van der Waals surface area (Å²) in [7, 11) is 0. The van der Waals surface area contributed by atoms with Gasteiger partial charge in [0.05, 0.1) is 23.1 Å². The van der Waals surface area contributed by atoms with Crippen LogP contribution in [-0.4, -0.2) is 33.3 Å². The van der Waals surface area contributed by atoms with Gasteiger partial charge < -0.3 is 9.84 Å². The molecule has 32 heavy (non-hydrogen) atoms. The number of carbonyl (C=O) groups is 2. The number of hydrogen-bond acceptors (Lipinski definition) is 8. The molecule has 1 atom stereocenters. The Hall–Kier alpha value is -4.05. The van der Waals surface area contributed by atoms with E-state index in [1.54, 1.807) is 29.6 Å². The van der Waals surface area contributed by atoms with Crippen molar-refractivity contribution in [3.63, 3.8) is 0 Å². The van der Waals surface area contributed by atoms with Crippen molar-refractivity contribution in [2.24, 2.45) is 0 Å². The van der Waals surface area contributed by atoms with E-state index in [2.05, 4.69) is 4.98 Å². The van der Waals surface area contributed by atoms with E-state index < -0.39 is 22.7 Å². The van der Waals surface area contributed by atoms with Crippen molar-refractivity contribution in [2.75, 3.05) is 11.5 Å². The Kier molecular flexibility index (Phi) is 5.69. The second kappa shape index (κ2) is 8.60. The summed E-state index contributed by atoms with van der Waals surface area (Å²) < 4.78 is 5.40. The monoisotopic (exact) mass is 451 g/mol. The van der Waals surface area contributed by atoms with Gasteiger partial charge in [-0.1, -0.05) is 0 Å². The Balaban J connectivity index is 1.86. The molecule has 4 rings (SSSR count). The third kappa shape index (κ3) is 3.71. The van der Waals surface area contributed by atoms with Gasteiger partial charge in [-0.25, -0.2) is 4.98 Å². The van der Waals surface area contributed by atoms with Crippen LogP contribution >= 0.6 is 11.3 Å². The van der Waals surface area contributed by atoms with Crippen LogP contribution in [0.3, 0.4) is 0 Å². The molecule has 1 saturated heterocycles. The fourth-order valence-electron chi connectivity index (χ4n) is 3.49. The van der Waals surface area contributed by atoms with Crippen molar-refractivity contribution in [1.29, 1.82) is 0 Å². The molecule has 0 bridgehead atoms. The van der Waals surface area contributed by atoms with Gasteiger partial charge in [0.2, 0.25) is 0 Å². The average Bonchev–Trinajstić information content (AvgIpc) is 3.41. The number of aliphatic hydroxyl groups is 1. The van der Waals surface area contributed by atoms with Crippen LogP contribution in [0.5, 0.6) is 5.75 Å². The molecule has 1 fully saturated rings. The maximum absolute atomic E-state index is 13.0. The molecule has 2 aromatic carbocycles. The number of Topliss-reactive ketones (excluding diaryl/α,β-unsaturated/α-hetero) is 1. The first kappa shape index (κ1) is 21.2. The number of rotatable bonds is 6. The number of benzene rings is 2. The van der Waals surface area contributed by atoms with Crippen LogP contribution in [0.15, 0.2) is 65.7 Å². The summed E-state index contributed by atoms with van der Waals surface area (Å²) in [5, 5.41) is 24.0. The quantitative estimate of drug-likeness (QED) is 0.197. The summed E-state index contributed by atoms with van der Waals surface area (Å²) in [5.41, 5.74) is 0.504. The zero-order valence-corrected chi connectivity index (χ0v) is 17.6. The Labute approximate surface area is 186 Å². The van der Waals surface area contributed by atoms with Gasteiger partial charge in [0.15, 0.2) is 5.13 Å². The topological polar surface area (TPSA) is 123 Å². The van der Waals surface area contributed by atoms with Crippen LogP contribution in [0.25, 0.3) is 5.76 Å². The van der Waals surface area contributed by atoms with Crippen molar-refractivity contribution in [1.82, 2.24) is 4.98 Å². The SMILES string of the molecule is CCOc1ccc(/C(O)=C2\C(=O)C(=O)N(c3nccs3)[C@@H]2c2ccc([N+](=O)[O-])cc2)cc1. The predicted octanol–water partition coefficient (Wildman–Crippen LogP) is 4.08. The molecule has 1 amide bonds. The molecule has 0 saturated carbocycles. The Bertz CT molecular complexity index is 1200. The highest BCUT2D eigenvalue weighted by molar-refractivity contribution is 7.14. The number of hydrogen-bond donors (Lipinski definition) is 1. The lowest BCUT2D eigenvalue weighted by Gasteiger charge is -2.22. The number of thiazole rings is 1. The lowest BCUT2D eigenvalue weighted by molar-refractivity contribution is -0.384. The van der Waals surface area contributed by atoms with Crippen molar-refractivity contribution < 1.29 is 24.4 Å². The van der Waals surface area contributed by atoms with Gasteiger partial charge in [-0.05, 0) is 48.9 Å². The van der Waals surface area contributed by atoms with Crippen LogP contribution in [0, 0.1) is 10.1 Å². The lowest BCUT2D eigenvalue weighted by Crippen LogP contribution is -2.29. The molecule has 1 aliphatic rings. The minimum atomic E-state index is -0.992. The van der Waals surface area contributed by atoms with Crippen molar-refractivity contribution in [2.45, 2.75) is 13.0 Å². The van der Waals surface area contributed by atoms with E-state index in [-0.39, 0.29) is 22.2 Å². The van der Waals surface area contributed by atoms with Gasteiger partial charge in [-0.3, -0.25) is 24.6 Å². The minimum Gasteiger partial charge on any atom is -0.507 e. The van der Waals surface area contributed by atoms with Gasteiger partial charge >= 0.3 is 5.91 Å². The number of aliphatic hydroxyl groups excluding tert-OH is 1. The number of aromatic nitrogens is 1. The number of amides is 1. The first-order valence-corrected chi connectivity index (χ1v) is 10.5. The zero-order valence-electron chi connectivity index (χ0n) is 16.8. The maximum atomic E-state index is 13.0. The fraction of sp³-hybridized carbons (Fsp3) is 0.136. The Morgan fingerprint density at radius 3 is 2.44 bits per heavy atom. The summed E-state index contributed by atoms with van der Waals surface area (Å²) in [6, 6.07) is 11.0. The molecular weight excluding hydrogens is 434 g/mol. The van der Waals surface area contributed by atoms with Gasteiger partial charge in [-0.15, -0.1) is 11.3 Å². The highest BCUT2D eigenvalue weighted by Gasteiger charge is 2.48. The molecule has 3 aromatic rings. The van der Waals surface area contributed by atoms with Gasteiger partial charge in [-0.2, -0.15) is 0 Å². The van der Waals surface area contributed by atoms with E-state index in [0.29, 0.717) is 23.5 Å². The van der Waals surface area contributed by atoms with E-state index in [9.17, 15) is 24.8 Å². The minimum absolute atomic E-state index is 0.122. The Morgan fingerprint density at radius 1 is 1.19 bits per heavy atom. The van der Waals surface area contributed by atoms with E-state index in [4.69, 9.17) is 4.74 Å². The molecule has 1 N–H and O–H groups in total. The molecule has 10 heteroatoms. The van der Waals surface area contributed by atoms with Crippen molar-refractivity contribution in [3.8, 4) is 5.75 Å². The number of anilines is 1. The second-order valence-corrected chi connectivity index (χ2v) is 7.66. The van der Waals surface area contributed by atoms with Crippen molar-refractivity contribution in [3.05, 3.63) is 86.9 Å². The molecule has 9 nitrogen and oxygen atoms in total. The smallest absolute Gasteiger partial charge is 0.301 e. The number of ketones is 1. The zero-order chi connectivity index (χ0) is 22.8. The first-order valence-electron chi connectivity index (χ1n) is 9.60. The van der Waals surface area contributed by atoms with E-state index in [1.807, 2.05) is 6.92 Å². The van der Waals surface area contributed by atoms with E-state index >= 15 is 0 Å². The van der Waals surface area contributed by atoms with E-state index in [0.717, 1.165) is 11.3 Å². The van der Waals surface area contributed by atoms with Crippen molar-refractivity contribution >= 4 is 39.6 Å². The van der Waals surface area contributed by atoms with E-state index in [1.165, 1.54) is 35.4 Å². The Morgan fingerprint density at radius 2 is 1.88 bits per heavy atom. The van der Waals surface area contributed by atoms with Crippen LogP contribution in [-0.2, 0) is 9.59 Å². The normalized spacial score (nSPS) is 17.5. The highest BCUT2D eigenvalue weighted by Crippen LogP contribution is 2.43. The molecule has 162 valence electrons. The van der Waals surface area contributed by atoms with Gasteiger partial charge in [0.25, 0.3) is 11.5 Å². The number of non-ortho nitro benzene ring substituents is 1. The molecule has 2 heterocycles. The summed E-state index contributed by atoms with van der Waals surface area (Å²) in [6.07, 6.45) is 1.50. The van der Waals surface area contributed by atoms with Crippen LogP contribution in [0.1, 0.15) is 24.1 Å². The van der Waals surface area contributed by atoms with Crippen LogP contribution < -0.4 is 9.64 Å². The molecule has 1 aromatic heterocycles. The van der Waals surface area contributed by atoms with Crippen LogP contribution in [0.2, 0.25) is 0 Å². The summed E-state index contributed by atoms with van der Waals surface area (Å²) in [4.78, 5) is 41.8. The summed E-state index contributed by atoms with van der Waals surface area (Å²) >= 11 is 1.16. The largest absolute Gasteiger partial charge is 0.507 e. The lowest BCUT2D eigenvalue weighted by atomic mass is 9.95. The third-order valence-electron chi connectivity index (χ3n) is 4.93. The van der Waals surface area contributed by atoms with Gasteiger partial charge in [0.1, 0.15) is 11.5 Å². The number of ether oxygens (including phenoxy) is 1. The molecule has 0 unspecified atom stereocenters. The highest BCUT2D eigenvalue weighted by atomic mass is 32.1. The number of nitro groups is 1. The number of nitro benzene ring substituents is 1. The average molecular weight is 451 g/mol. The molecule has 0 spiro atoms. The molecular formula is C22H17N3O6S. The maximum Gasteiger partial charge on any atom is 0.301 e. The molecule has 1 aliphatic heterocycles. The summed E-state index contributed by atoms with van der Waals surface area (Å²) in [5.74, 6) is -1.46. The summed E-state index contributed by atoms with van der Waals surface area (Å²) in [6.45, 7) is 2.32. The molecule has 0 radical (unpaired) electrons. The molecule has 0 aliphatic carbocycles. The van der Waals surface area contributed by atoms with Crippen LogP contribution in [0.4, 0.5) is 10.8 Å². The van der Waals surface area contributed by atoms with Gasteiger partial charge in [0, 0.05) is 29.3 Å². The number of carbonyl (C=O) groups excluding carboxylic acids is 2. The first-order chi connectivity index (χ1) is 15.4.